The summed E-state index contributed by atoms with van der Waals surface area (Å²) in [6.45, 7) is 3.19. The lowest BCUT2D eigenvalue weighted by molar-refractivity contribution is -0.869. The number of thioether (sulfide) groups is 1. The van der Waals surface area contributed by atoms with Crippen LogP contribution in [0.4, 0.5) is 8.78 Å². The number of nitrogens with one attached hydrogen (secondary N) is 1. The van der Waals surface area contributed by atoms with Gasteiger partial charge in [0.1, 0.15) is 11.6 Å². The highest BCUT2D eigenvalue weighted by molar-refractivity contribution is 7.98. The van der Waals surface area contributed by atoms with E-state index < -0.39 is 5.82 Å². The summed E-state index contributed by atoms with van der Waals surface area (Å²) in [5.41, 5.74) is 5.44. The van der Waals surface area contributed by atoms with Gasteiger partial charge in [-0.15, -0.1) is 0 Å². The quantitative estimate of drug-likeness (QED) is 0.149. The van der Waals surface area contributed by atoms with E-state index in [-0.39, 0.29) is 34.0 Å². The van der Waals surface area contributed by atoms with Crippen LogP contribution in [0.2, 0.25) is 10.0 Å². The molecule has 5 nitrogen and oxygen atoms in total. The molecule has 1 atom stereocenters. The first-order chi connectivity index (χ1) is 20.4. The predicted molar refractivity (Wildman–Crippen MR) is 171 cm³/mol. The van der Waals surface area contributed by atoms with Crippen molar-refractivity contribution in [3.63, 3.8) is 0 Å². The van der Waals surface area contributed by atoms with E-state index in [1.54, 1.807) is 12.1 Å². The Morgan fingerprint density at radius 3 is 2.49 bits per heavy atom. The van der Waals surface area contributed by atoms with Crippen LogP contribution in [0.15, 0.2) is 59.8 Å². The van der Waals surface area contributed by atoms with Crippen molar-refractivity contribution >= 4 is 40.9 Å². The number of carbonyl (C=O) groups excluding carboxylic acids is 1. The number of fused-ring (bicyclic) bond motifs is 1. The number of quaternary nitrogens is 1. The number of carbonyl (C=O) groups is 1. The van der Waals surface area contributed by atoms with Crippen molar-refractivity contribution in [3.05, 3.63) is 110 Å². The number of imidazole rings is 1. The van der Waals surface area contributed by atoms with Gasteiger partial charge in [-0.1, -0.05) is 47.1 Å². The summed E-state index contributed by atoms with van der Waals surface area (Å²) in [6.07, 6.45) is 2.72. The SMILES string of the molecule is Cc1cc(C2CCCc3nc(SCc4c(F)cc(C(=O)NCC[N+](C)(C)C)cc4Cl)n(-c4ccc(F)cc4)c32)ccc1Cl. The molecule has 0 aliphatic heterocycles. The average molecular weight is 645 g/mol. The van der Waals surface area contributed by atoms with Crippen molar-refractivity contribution in [2.45, 2.75) is 43.0 Å². The number of rotatable bonds is 9. The van der Waals surface area contributed by atoms with Crippen LogP contribution in [-0.2, 0) is 12.2 Å². The molecule has 1 aliphatic rings. The Morgan fingerprint density at radius 1 is 1.07 bits per heavy atom. The topological polar surface area (TPSA) is 46.9 Å². The number of aryl methyl sites for hydroxylation is 2. The zero-order valence-electron chi connectivity index (χ0n) is 24.7. The van der Waals surface area contributed by atoms with E-state index in [1.807, 2.05) is 34.1 Å². The highest BCUT2D eigenvalue weighted by atomic mass is 35.5. The minimum absolute atomic E-state index is 0.0711. The third kappa shape index (κ3) is 7.26. The van der Waals surface area contributed by atoms with Crippen molar-refractivity contribution < 1.29 is 18.1 Å². The van der Waals surface area contributed by atoms with E-state index >= 15 is 4.39 Å². The van der Waals surface area contributed by atoms with Crippen LogP contribution in [0, 0.1) is 18.6 Å². The van der Waals surface area contributed by atoms with Gasteiger partial charge in [-0.2, -0.15) is 0 Å². The number of halogens is 4. The van der Waals surface area contributed by atoms with Crippen molar-refractivity contribution in [2.75, 3.05) is 34.2 Å². The Kier molecular flexibility index (Phi) is 9.52. The molecule has 1 aliphatic carbocycles. The number of aromatic nitrogens is 2. The predicted octanol–water partition coefficient (Wildman–Crippen LogP) is 7.96. The minimum Gasteiger partial charge on any atom is -0.346 e. The molecule has 10 heteroatoms. The number of benzene rings is 3. The summed E-state index contributed by atoms with van der Waals surface area (Å²) < 4.78 is 32.1. The maximum atomic E-state index is 15.4. The Bertz CT molecular complexity index is 1630. The van der Waals surface area contributed by atoms with Gasteiger partial charge in [-0.3, -0.25) is 9.36 Å². The van der Waals surface area contributed by atoms with Crippen LogP contribution in [0.3, 0.4) is 0 Å². The van der Waals surface area contributed by atoms with Gasteiger partial charge in [0.25, 0.3) is 5.91 Å². The van der Waals surface area contributed by atoms with Gasteiger partial charge in [-0.25, -0.2) is 13.8 Å². The van der Waals surface area contributed by atoms with Gasteiger partial charge >= 0.3 is 0 Å². The standard InChI is InChI=1S/C33H34Cl2F2N4OS/c1-20-16-21(8-13-27(20)34)25-6-5-7-30-31(25)40(24-11-9-23(36)10-12-24)33(39-30)43-19-26-28(35)17-22(18-29(26)37)32(42)38-14-15-41(2,3)4/h8-13,16-18,25H,5-7,14-15,19H2,1-4H3/p+1. The van der Waals surface area contributed by atoms with Crippen LogP contribution >= 0.6 is 35.0 Å². The molecular formula is C33H35Cl2F2N4OS+. The Morgan fingerprint density at radius 2 is 1.81 bits per heavy atom. The van der Waals surface area contributed by atoms with E-state index in [0.29, 0.717) is 21.7 Å². The molecule has 0 radical (unpaired) electrons. The molecule has 4 aromatic rings. The van der Waals surface area contributed by atoms with Gasteiger partial charge in [-0.05, 0) is 79.8 Å². The van der Waals surface area contributed by atoms with Gasteiger partial charge in [0.05, 0.1) is 45.6 Å². The molecule has 0 fully saturated rings. The van der Waals surface area contributed by atoms with E-state index in [9.17, 15) is 9.18 Å². The maximum Gasteiger partial charge on any atom is 0.251 e. The number of hydrogen-bond acceptors (Lipinski definition) is 3. The second-order valence-corrected chi connectivity index (χ2v) is 13.7. The second kappa shape index (κ2) is 13.0. The monoisotopic (exact) mass is 643 g/mol. The first-order valence-electron chi connectivity index (χ1n) is 14.2. The van der Waals surface area contributed by atoms with Crippen molar-refractivity contribution in [2.24, 2.45) is 0 Å². The average Bonchev–Trinajstić information content (AvgIpc) is 3.32. The summed E-state index contributed by atoms with van der Waals surface area (Å²) in [4.78, 5) is 17.7. The third-order valence-electron chi connectivity index (χ3n) is 7.68. The number of hydrogen-bond donors (Lipinski definition) is 1. The number of amides is 1. The van der Waals surface area contributed by atoms with E-state index in [1.165, 1.54) is 36.0 Å². The zero-order valence-corrected chi connectivity index (χ0v) is 27.0. The fraction of sp³-hybridized carbons (Fsp3) is 0.333. The number of likely N-dealkylation sites (N-methyl/N-ethyl adjacent to an activating group) is 1. The van der Waals surface area contributed by atoms with Crippen LogP contribution < -0.4 is 5.32 Å². The summed E-state index contributed by atoms with van der Waals surface area (Å²) in [5, 5.41) is 4.41. The summed E-state index contributed by atoms with van der Waals surface area (Å²) in [6, 6.07) is 15.2. The lowest BCUT2D eigenvalue weighted by Gasteiger charge is -2.25. The van der Waals surface area contributed by atoms with Gasteiger partial charge in [0, 0.05) is 38.5 Å². The van der Waals surface area contributed by atoms with Gasteiger partial charge < -0.3 is 9.80 Å². The molecule has 0 saturated heterocycles. The van der Waals surface area contributed by atoms with Crippen molar-refractivity contribution in [1.82, 2.24) is 14.9 Å². The van der Waals surface area contributed by atoms with Gasteiger partial charge in [0.2, 0.25) is 0 Å². The Balaban J connectivity index is 1.46. The van der Waals surface area contributed by atoms with E-state index in [2.05, 4.69) is 22.0 Å². The molecule has 226 valence electrons. The molecule has 0 bridgehead atoms. The Labute approximate surface area is 265 Å². The second-order valence-electron chi connectivity index (χ2n) is 12.0. The summed E-state index contributed by atoms with van der Waals surface area (Å²) in [7, 11) is 6.10. The van der Waals surface area contributed by atoms with Crippen LogP contribution in [0.25, 0.3) is 5.69 Å². The fourth-order valence-corrected chi connectivity index (χ4v) is 6.91. The number of nitrogens with zero attached hydrogens (tertiary/aromatic N) is 3. The van der Waals surface area contributed by atoms with Crippen molar-refractivity contribution in [3.8, 4) is 5.69 Å². The minimum atomic E-state index is -0.545. The molecule has 5 rings (SSSR count). The normalized spacial score (nSPS) is 14.9. The van der Waals surface area contributed by atoms with Crippen LogP contribution in [0.5, 0.6) is 0 Å². The first kappa shape index (κ1) is 31.5. The molecule has 1 unspecified atom stereocenters. The third-order valence-corrected chi connectivity index (χ3v) is 9.41. The van der Waals surface area contributed by atoms with Crippen LogP contribution in [0.1, 0.15) is 57.2 Å². The molecule has 43 heavy (non-hydrogen) atoms. The molecule has 0 saturated carbocycles. The molecule has 1 aromatic heterocycles. The molecule has 1 amide bonds. The maximum absolute atomic E-state index is 15.4. The Hall–Kier alpha value is -2.91. The molecule has 0 spiro atoms. The highest BCUT2D eigenvalue weighted by Gasteiger charge is 2.30. The van der Waals surface area contributed by atoms with Gasteiger partial charge in [0.15, 0.2) is 5.16 Å². The van der Waals surface area contributed by atoms with E-state index in [4.69, 9.17) is 28.2 Å². The van der Waals surface area contributed by atoms with Crippen LogP contribution in [-0.4, -0.2) is 54.2 Å². The highest BCUT2D eigenvalue weighted by Crippen LogP contribution is 2.42. The summed E-state index contributed by atoms with van der Waals surface area (Å²) >= 11 is 14.2. The molecule has 1 N–H and O–H groups in total. The lowest BCUT2D eigenvalue weighted by atomic mass is 9.83. The summed E-state index contributed by atoms with van der Waals surface area (Å²) in [5.74, 6) is -0.961. The molecule has 1 heterocycles. The fourth-order valence-electron chi connectivity index (χ4n) is 5.37. The van der Waals surface area contributed by atoms with Crippen molar-refractivity contribution in [1.29, 1.82) is 0 Å². The zero-order chi connectivity index (χ0) is 30.9. The largest absolute Gasteiger partial charge is 0.346 e. The molecular weight excluding hydrogens is 609 g/mol. The smallest absolute Gasteiger partial charge is 0.251 e. The molecule has 3 aromatic carbocycles. The lowest BCUT2D eigenvalue weighted by Crippen LogP contribution is -2.41. The first-order valence-corrected chi connectivity index (χ1v) is 16.0. The van der Waals surface area contributed by atoms with E-state index in [0.717, 1.165) is 59.0 Å².